The summed E-state index contributed by atoms with van der Waals surface area (Å²) >= 11 is 6.33. The lowest BCUT2D eigenvalue weighted by molar-refractivity contribution is -0.113. The number of anilines is 1. The lowest BCUT2D eigenvalue weighted by atomic mass is 9.97. The van der Waals surface area contributed by atoms with Crippen LogP contribution in [-0.4, -0.2) is 34.4 Å². The number of amides is 1. The smallest absolute Gasteiger partial charge is 0.267 e. The number of thiophene rings is 1. The average molecular weight is 585 g/mol. The molecule has 0 atom stereocenters. The van der Waals surface area contributed by atoms with Crippen LogP contribution in [-0.2, 0) is 17.6 Å². The van der Waals surface area contributed by atoms with E-state index >= 15 is 0 Å². The highest BCUT2D eigenvalue weighted by Gasteiger charge is 2.23. The van der Waals surface area contributed by atoms with E-state index in [-0.39, 0.29) is 17.2 Å². The van der Waals surface area contributed by atoms with Crippen molar-refractivity contribution >= 4 is 60.8 Å². The van der Waals surface area contributed by atoms with Gasteiger partial charge in [-0.3, -0.25) is 14.2 Å². The number of fused-ring (bicyclic) bond motifs is 4. The van der Waals surface area contributed by atoms with Crippen molar-refractivity contribution in [2.45, 2.75) is 30.8 Å². The summed E-state index contributed by atoms with van der Waals surface area (Å²) in [7, 11) is 0. The Bertz CT molecular complexity index is 1530. The highest BCUT2D eigenvalue weighted by atomic mass is 79.9. The highest BCUT2D eigenvalue weighted by Crippen LogP contribution is 2.36. The van der Waals surface area contributed by atoms with Gasteiger partial charge in [0.25, 0.3) is 5.56 Å². The quantitative estimate of drug-likeness (QED) is 0.243. The molecule has 1 amide bonds. The highest BCUT2D eigenvalue weighted by molar-refractivity contribution is 9.10. The van der Waals surface area contributed by atoms with Gasteiger partial charge in [-0.2, -0.15) is 0 Å². The van der Waals surface area contributed by atoms with Crippen LogP contribution in [0.5, 0.6) is 11.5 Å². The predicted octanol–water partition coefficient (Wildman–Crippen LogP) is 5.59. The third kappa shape index (κ3) is 4.53. The minimum absolute atomic E-state index is 0.0727. The number of benzene rings is 2. The van der Waals surface area contributed by atoms with Crippen LogP contribution < -0.4 is 20.3 Å². The van der Waals surface area contributed by atoms with Crippen molar-refractivity contribution in [1.82, 2.24) is 9.55 Å². The number of hydrogen-bond acceptors (Lipinski definition) is 7. The number of carbonyl (C=O) groups is 1. The zero-order valence-corrected chi connectivity index (χ0v) is 22.4. The van der Waals surface area contributed by atoms with E-state index in [1.807, 2.05) is 24.3 Å². The predicted molar refractivity (Wildman–Crippen MR) is 146 cm³/mol. The van der Waals surface area contributed by atoms with Gasteiger partial charge in [0.05, 0.1) is 16.8 Å². The molecule has 184 valence electrons. The van der Waals surface area contributed by atoms with Gasteiger partial charge in [0.2, 0.25) is 5.91 Å². The van der Waals surface area contributed by atoms with Crippen molar-refractivity contribution in [3.8, 4) is 17.2 Å². The number of aromatic nitrogens is 2. The summed E-state index contributed by atoms with van der Waals surface area (Å²) in [5.41, 5.74) is 2.43. The van der Waals surface area contributed by atoms with Crippen molar-refractivity contribution in [2.24, 2.45) is 0 Å². The van der Waals surface area contributed by atoms with Crippen LogP contribution in [0.3, 0.4) is 0 Å². The van der Waals surface area contributed by atoms with Gasteiger partial charge in [-0.15, -0.1) is 11.3 Å². The van der Waals surface area contributed by atoms with Crippen LogP contribution in [0.4, 0.5) is 5.69 Å². The maximum absolute atomic E-state index is 13.8. The molecular formula is C26H22BrN3O4S2. The van der Waals surface area contributed by atoms with Crippen LogP contribution in [0.25, 0.3) is 15.9 Å². The van der Waals surface area contributed by atoms with Crippen molar-refractivity contribution in [3.63, 3.8) is 0 Å². The van der Waals surface area contributed by atoms with Crippen molar-refractivity contribution in [1.29, 1.82) is 0 Å². The van der Waals surface area contributed by atoms with Gasteiger partial charge in [-0.1, -0.05) is 27.7 Å². The molecule has 1 aliphatic heterocycles. The Kier molecular flexibility index (Phi) is 6.49. The van der Waals surface area contributed by atoms with Gasteiger partial charge in [0.15, 0.2) is 16.7 Å². The van der Waals surface area contributed by atoms with Gasteiger partial charge < -0.3 is 14.8 Å². The first-order valence-electron chi connectivity index (χ1n) is 11.7. The van der Waals surface area contributed by atoms with E-state index in [1.54, 1.807) is 34.1 Å². The first-order valence-corrected chi connectivity index (χ1v) is 14.3. The Morgan fingerprint density at radius 1 is 1.08 bits per heavy atom. The second-order valence-corrected chi connectivity index (χ2v) is 11.5. The summed E-state index contributed by atoms with van der Waals surface area (Å²) in [4.78, 5) is 33.6. The van der Waals surface area contributed by atoms with E-state index in [1.165, 1.54) is 16.6 Å². The average Bonchev–Trinajstić information content (AvgIpc) is 3.27. The minimum atomic E-state index is -0.196. The van der Waals surface area contributed by atoms with E-state index in [0.717, 1.165) is 51.6 Å². The third-order valence-corrected chi connectivity index (χ3v) is 8.85. The van der Waals surface area contributed by atoms with Crippen molar-refractivity contribution < 1.29 is 14.3 Å². The fraction of sp³-hybridized carbons (Fsp3) is 0.269. The molecular weight excluding hydrogens is 562 g/mol. The molecule has 0 radical (unpaired) electrons. The topological polar surface area (TPSA) is 82.5 Å². The SMILES string of the molecule is O=C(CSc1nc2sc3c(c2c(=O)n1-c1ccc(Br)cc1)CCCC3)Nc1ccc2c(c1)OCCO2. The fourth-order valence-electron chi connectivity index (χ4n) is 4.55. The zero-order chi connectivity index (χ0) is 24.6. The molecule has 0 bridgehead atoms. The number of carbonyl (C=O) groups excluding carboxylic acids is 1. The van der Waals surface area contributed by atoms with Crippen LogP contribution in [0, 0.1) is 0 Å². The molecule has 2 aliphatic rings. The summed E-state index contributed by atoms with van der Waals surface area (Å²) in [6.07, 6.45) is 4.14. The molecule has 0 fully saturated rings. The molecule has 0 spiro atoms. The molecule has 0 unspecified atom stereocenters. The molecule has 2 aromatic heterocycles. The van der Waals surface area contributed by atoms with Gasteiger partial charge in [-0.05, 0) is 67.6 Å². The van der Waals surface area contributed by atoms with E-state index in [9.17, 15) is 9.59 Å². The molecule has 0 saturated heterocycles. The number of aryl methyl sites for hydroxylation is 2. The summed E-state index contributed by atoms with van der Waals surface area (Å²) in [6.45, 7) is 0.994. The Hall–Kier alpha value is -2.82. The summed E-state index contributed by atoms with van der Waals surface area (Å²) < 4.78 is 13.7. The molecule has 1 aliphatic carbocycles. The standard InChI is InChI=1S/C26H22BrN3O4S2/c27-15-5-8-17(9-6-15)30-25(32)23-18-3-1-2-4-21(18)36-24(23)29-26(30)35-14-22(31)28-16-7-10-19-20(13-16)34-12-11-33-19/h5-10,13H,1-4,11-12,14H2,(H,28,31). The van der Waals surface area contributed by atoms with Crippen LogP contribution in [0.2, 0.25) is 0 Å². The molecule has 2 aromatic carbocycles. The van der Waals surface area contributed by atoms with Gasteiger partial charge in [0, 0.05) is 21.1 Å². The number of rotatable bonds is 5. The fourth-order valence-corrected chi connectivity index (χ4v) is 6.93. The van der Waals surface area contributed by atoms with Crippen LogP contribution in [0.1, 0.15) is 23.3 Å². The second-order valence-electron chi connectivity index (χ2n) is 8.60. The first kappa shape index (κ1) is 23.6. The number of ether oxygens (including phenoxy) is 2. The third-order valence-electron chi connectivity index (χ3n) is 6.20. The Morgan fingerprint density at radius 2 is 1.86 bits per heavy atom. The zero-order valence-electron chi connectivity index (χ0n) is 19.2. The van der Waals surface area contributed by atoms with Crippen molar-refractivity contribution in [2.75, 3.05) is 24.3 Å². The van der Waals surface area contributed by atoms with E-state index in [4.69, 9.17) is 14.5 Å². The molecule has 6 rings (SSSR count). The summed E-state index contributed by atoms with van der Waals surface area (Å²) in [6, 6.07) is 12.9. The Balaban J connectivity index is 1.31. The number of hydrogen-bond donors (Lipinski definition) is 1. The molecule has 3 heterocycles. The molecule has 0 saturated carbocycles. The van der Waals surface area contributed by atoms with Crippen molar-refractivity contribution in [3.05, 3.63) is 67.7 Å². The monoisotopic (exact) mass is 583 g/mol. The van der Waals surface area contributed by atoms with E-state index in [2.05, 4.69) is 21.2 Å². The number of thioether (sulfide) groups is 1. The first-order chi connectivity index (χ1) is 17.6. The Labute approximate surface area is 224 Å². The molecule has 36 heavy (non-hydrogen) atoms. The number of halogens is 1. The maximum Gasteiger partial charge on any atom is 0.267 e. The van der Waals surface area contributed by atoms with E-state index < -0.39 is 0 Å². The maximum atomic E-state index is 13.8. The van der Waals surface area contributed by atoms with Gasteiger partial charge in [0.1, 0.15) is 18.0 Å². The van der Waals surface area contributed by atoms with Crippen LogP contribution in [0.15, 0.2) is 56.9 Å². The lowest BCUT2D eigenvalue weighted by Crippen LogP contribution is -2.23. The summed E-state index contributed by atoms with van der Waals surface area (Å²) in [5, 5.41) is 4.14. The van der Waals surface area contributed by atoms with Crippen LogP contribution >= 0.6 is 39.0 Å². The summed E-state index contributed by atoms with van der Waals surface area (Å²) in [5.74, 6) is 1.19. The molecule has 4 aromatic rings. The normalized spacial score (nSPS) is 14.5. The largest absolute Gasteiger partial charge is 0.486 e. The number of nitrogens with one attached hydrogen (secondary N) is 1. The van der Waals surface area contributed by atoms with Gasteiger partial charge >= 0.3 is 0 Å². The number of nitrogens with zero attached hydrogens (tertiary/aromatic N) is 2. The lowest BCUT2D eigenvalue weighted by Gasteiger charge is -2.19. The molecule has 7 nitrogen and oxygen atoms in total. The molecule has 1 N–H and O–H groups in total. The van der Waals surface area contributed by atoms with Gasteiger partial charge in [-0.25, -0.2) is 4.98 Å². The minimum Gasteiger partial charge on any atom is -0.486 e. The second kappa shape index (κ2) is 9.91. The molecule has 10 heteroatoms. The van der Waals surface area contributed by atoms with E-state index in [0.29, 0.717) is 35.6 Å². The Morgan fingerprint density at radius 3 is 2.69 bits per heavy atom.